The summed E-state index contributed by atoms with van der Waals surface area (Å²) in [7, 11) is -14.5. The Morgan fingerprint density at radius 2 is 1.46 bits per heavy atom. The minimum absolute atomic E-state index is 0.0651. The van der Waals surface area contributed by atoms with Gasteiger partial charge in [0.25, 0.3) is 30.4 Å². The monoisotopic (exact) mass is 903 g/mol. The largest absolute Gasteiger partial charge is 0.382 e. The van der Waals surface area contributed by atoms with Crippen LogP contribution in [-0.4, -0.2) is 53.9 Å². The molecule has 0 fully saturated rings. The number of benzene rings is 4. The van der Waals surface area contributed by atoms with Crippen LogP contribution in [0.15, 0.2) is 113 Å². The fourth-order valence-electron chi connectivity index (χ4n) is 5.95. The molecule has 6 rings (SSSR count). The quantitative estimate of drug-likeness (QED) is 0.0251. The van der Waals surface area contributed by atoms with Crippen LogP contribution < -0.4 is 5.73 Å². The molecule has 6 N–H and O–H groups in total. The third kappa shape index (κ3) is 9.42. The molecule has 0 amide bonds. The van der Waals surface area contributed by atoms with Crippen LogP contribution in [0.4, 0.5) is 27.2 Å². The lowest BCUT2D eigenvalue weighted by Crippen LogP contribution is -2.13. The van der Waals surface area contributed by atoms with Crippen LogP contribution in [0.5, 0.6) is 0 Å². The zero-order valence-electron chi connectivity index (χ0n) is 31.3. The molecule has 2 aromatic heterocycles. The molecule has 0 bridgehead atoms. The molecule has 4 aromatic carbocycles. The van der Waals surface area contributed by atoms with Gasteiger partial charge in [-0.05, 0) is 61.4 Å². The van der Waals surface area contributed by atoms with E-state index in [0.29, 0.717) is 39.4 Å². The second-order valence-corrected chi connectivity index (χ2v) is 19.8. The van der Waals surface area contributed by atoms with Crippen LogP contribution in [-0.2, 0) is 45.1 Å². The highest BCUT2D eigenvalue weighted by Gasteiger charge is 2.28. The van der Waals surface area contributed by atoms with E-state index in [1.165, 1.54) is 28.9 Å². The number of rotatable bonds is 12. The Hall–Kier alpha value is -4.99. The summed E-state index contributed by atoms with van der Waals surface area (Å²) in [6.45, 7) is 9.17. The molecule has 0 spiro atoms. The van der Waals surface area contributed by atoms with Gasteiger partial charge in [0.05, 0.1) is 34.0 Å². The van der Waals surface area contributed by atoms with Gasteiger partial charge in [-0.3, -0.25) is 13.7 Å². The molecule has 59 heavy (non-hydrogen) atoms. The number of fused-ring (bicyclic) bond motifs is 1. The summed E-state index contributed by atoms with van der Waals surface area (Å²) in [6.07, 6.45) is 0. The molecule has 19 nitrogen and oxygen atoms in total. The number of nitrogens with zero attached hydrogens (tertiary/aromatic N) is 6. The summed E-state index contributed by atoms with van der Waals surface area (Å²) >= 11 is 1.49. The SMILES string of the molecule is Cc1cccc(-c2c(N=Nc3cc(S(=O)(=O)O)c4cccc(S(=O)(=O)O)c4c3)sc(N=Nc3c(C(C)(C)C)nn(-c4cc(SOOO)cc(S(=O)(=O)O)c4)c3N)c2C)c1. The maximum absolute atomic E-state index is 12.4. The summed E-state index contributed by atoms with van der Waals surface area (Å²) in [5.74, 6) is -0.0651. The number of nitrogens with two attached hydrogens (primary N) is 1. The highest BCUT2D eigenvalue weighted by atomic mass is 32.2. The number of aryl methyl sites for hydroxylation is 1. The van der Waals surface area contributed by atoms with Gasteiger partial charge in [-0.2, -0.15) is 30.4 Å². The van der Waals surface area contributed by atoms with Gasteiger partial charge < -0.3 is 5.73 Å². The van der Waals surface area contributed by atoms with Crippen molar-refractivity contribution in [2.24, 2.45) is 20.5 Å². The van der Waals surface area contributed by atoms with Crippen LogP contribution in [0.1, 0.15) is 37.6 Å². The Bertz CT molecular complexity index is 3050. The second kappa shape index (κ2) is 16.2. The van der Waals surface area contributed by atoms with Crippen molar-refractivity contribution in [1.82, 2.24) is 9.78 Å². The number of azo groups is 2. The van der Waals surface area contributed by atoms with Gasteiger partial charge in [-0.25, -0.2) is 9.94 Å². The third-order valence-corrected chi connectivity index (χ3v) is 12.8. The standard InChI is InChI=1S/C35H33N7O12S5/c1-18-8-6-9-20(12-18)29-19(2)33(55-34(29)40-37-21-13-26-25(28(14-21)59(50,51)52)10-7-11-27(26)58(47,48)49)39-38-30-31(35(3,4)5)41-42(32(30)36)22-15-23(56-54-53-43)17-24(16-22)57(44,45)46/h6-17,43H,36H2,1-5H3,(H,44,45,46)(H,47,48,49)(H,50,51,52). The van der Waals surface area contributed by atoms with Crippen molar-refractivity contribution in [2.45, 2.75) is 59.6 Å². The zero-order valence-corrected chi connectivity index (χ0v) is 35.4. The van der Waals surface area contributed by atoms with Crippen molar-refractivity contribution in [2.75, 3.05) is 5.73 Å². The lowest BCUT2D eigenvalue weighted by atomic mass is 9.91. The van der Waals surface area contributed by atoms with Crippen molar-refractivity contribution in [3.63, 3.8) is 0 Å². The normalized spacial score (nSPS) is 13.0. The first kappa shape index (κ1) is 43.6. The summed E-state index contributed by atoms with van der Waals surface area (Å²) in [5, 5.41) is 34.8. The zero-order chi connectivity index (χ0) is 43.2. The second-order valence-electron chi connectivity index (χ2n) is 13.8. The molecule has 0 aliphatic carbocycles. The molecule has 2 heterocycles. The molecule has 0 aliphatic rings. The molecular weight excluding hydrogens is 871 g/mol. The molecule has 0 atom stereocenters. The van der Waals surface area contributed by atoms with Gasteiger partial charge in [0.2, 0.25) is 0 Å². The van der Waals surface area contributed by atoms with Crippen molar-refractivity contribution < 1.29 is 53.5 Å². The average Bonchev–Trinajstić information content (AvgIpc) is 3.65. The van der Waals surface area contributed by atoms with E-state index in [4.69, 9.17) is 11.0 Å². The van der Waals surface area contributed by atoms with Gasteiger partial charge in [0.15, 0.2) is 11.5 Å². The molecule has 0 saturated carbocycles. The van der Waals surface area contributed by atoms with Gasteiger partial charge in [-0.1, -0.05) is 79.1 Å². The molecule has 6 aromatic rings. The lowest BCUT2D eigenvalue weighted by Gasteiger charge is -2.15. The van der Waals surface area contributed by atoms with E-state index in [1.54, 1.807) is 6.92 Å². The molecule has 0 aliphatic heterocycles. The fraction of sp³-hybridized carbons (Fsp3) is 0.171. The smallest absolute Gasteiger partial charge is 0.295 e. The Kier molecular flexibility index (Phi) is 12.0. The van der Waals surface area contributed by atoms with E-state index in [-0.39, 0.29) is 43.5 Å². The summed E-state index contributed by atoms with van der Waals surface area (Å²) < 4.78 is 109. The van der Waals surface area contributed by atoms with Gasteiger partial charge in [0.1, 0.15) is 19.8 Å². The van der Waals surface area contributed by atoms with Crippen LogP contribution in [0.3, 0.4) is 0 Å². The van der Waals surface area contributed by atoms with Gasteiger partial charge >= 0.3 is 0 Å². The van der Waals surface area contributed by atoms with Crippen molar-refractivity contribution >= 4 is 91.7 Å². The molecule has 24 heteroatoms. The van der Waals surface area contributed by atoms with E-state index in [9.17, 15) is 38.9 Å². The topological polar surface area (TPSA) is 295 Å². The summed E-state index contributed by atoms with van der Waals surface area (Å²) in [5.41, 5.74) is 9.07. The number of hydrogen-bond acceptors (Lipinski definition) is 17. The number of thiophene rings is 1. The van der Waals surface area contributed by atoms with E-state index in [1.807, 2.05) is 52.0 Å². The third-order valence-electron chi connectivity index (χ3n) is 8.54. The first-order valence-electron chi connectivity index (χ1n) is 16.7. The lowest BCUT2D eigenvalue weighted by molar-refractivity contribution is -0.432. The Labute approximate surface area is 345 Å². The molecular formula is C35H33N7O12S5. The van der Waals surface area contributed by atoms with Gasteiger partial charge in [0, 0.05) is 26.6 Å². The minimum atomic E-state index is -4.92. The van der Waals surface area contributed by atoms with Crippen molar-refractivity contribution in [3.8, 4) is 16.8 Å². The van der Waals surface area contributed by atoms with E-state index >= 15 is 0 Å². The Balaban J connectivity index is 1.51. The van der Waals surface area contributed by atoms with Crippen LogP contribution in [0.25, 0.3) is 27.6 Å². The first-order chi connectivity index (χ1) is 27.5. The molecule has 0 unspecified atom stereocenters. The fourth-order valence-corrected chi connectivity index (χ4v) is 9.42. The number of anilines is 1. The summed E-state index contributed by atoms with van der Waals surface area (Å²) in [4.78, 5) is -1.73. The highest BCUT2D eigenvalue weighted by Crippen LogP contribution is 2.49. The van der Waals surface area contributed by atoms with E-state index in [0.717, 1.165) is 41.2 Å². The predicted molar refractivity (Wildman–Crippen MR) is 218 cm³/mol. The maximum Gasteiger partial charge on any atom is 0.295 e. The summed E-state index contributed by atoms with van der Waals surface area (Å²) in [6, 6.07) is 16.8. The minimum Gasteiger partial charge on any atom is -0.382 e. The molecule has 0 saturated heterocycles. The highest BCUT2D eigenvalue weighted by molar-refractivity contribution is 7.94. The Morgan fingerprint density at radius 1 is 0.780 bits per heavy atom. The number of aromatic nitrogens is 2. The maximum atomic E-state index is 12.4. The Morgan fingerprint density at radius 3 is 2.08 bits per heavy atom. The molecule has 310 valence electrons. The first-order valence-corrected chi connectivity index (χ1v) is 22.6. The van der Waals surface area contributed by atoms with E-state index in [2.05, 4.69) is 34.9 Å². The van der Waals surface area contributed by atoms with Crippen LogP contribution >= 0.6 is 23.4 Å². The van der Waals surface area contributed by atoms with Crippen molar-refractivity contribution in [1.29, 1.82) is 0 Å². The average molecular weight is 904 g/mol. The van der Waals surface area contributed by atoms with Gasteiger partial charge in [-0.15, -0.1) is 24.8 Å². The van der Waals surface area contributed by atoms with Crippen LogP contribution in [0.2, 0.25) is 0 Å². The molecule has 0 radical (unpaired) electrons. The predicted octanol–water partition coefficient (Wildman–Crippen LogP) is 9.25. The number of nitrogen functional groups attached to an aromatic ring is 1. The van der Waals surface area contributed by atoms with Crippen molar-refractivity contribution in [3.05, 3.63) is 89.6 Å². The van der Waals surface area contributed by atoms with E-state index < -0.39 is 50.5 Å². The number of hydrogen-bond donors (Lipinski definition) is 5. The van der Waals surface area contributed by atoms with Crippen LogP contribution in [0, 0.1) is 13.8 Å².